The zero-order valence-corrected chi connectivity index (χ0v) is 8.16. The monoisotopic (exact) mass is 175 g/mol. The molecule has 0 unspecified atom stereocenters. The summed E-state index contributed by atoms with van der Waals surface area (Å²) in [5.41, 5.74) is 1.24. The summed E-state index contributed by atoms with van der Waals surface area (Å²) in [5.74, 6) is 0. The van der Waals surface area contributed by atoms with Gasteiger partial charge in [-0.2, -0.15) is 0 Å². The van der Waals surface area contributed by atoms with E-state index in [2.05, 4.69) is 30.4 Å². The second-order valence-corrected chi connectivity index (χ2v) is 3.05. The maximum atomic E-state index is 3.25. The molecule has 0 bridgehead atoms. The van der Waals surface area contributed by atoms with E-state index in [0.29, 0.717) is 0 Å². The highest BCUT2D eigenvalue weighted by atomic mass is 14.8. The molecule has 13 heavy (non-hydrogen) atoms. The van der Waals surface area contributed by atoms with Gasteiger partial charge >= 0.3 is 0 Å². The third-order valence-corrected chi connectivity index (χ3v) is 1.87. The molecule has 1 aromatic carbocycles. The van der Waals surface area contributed by atoms with Crippen LogP contribution in [-0.4, -0.2) is 6.54 Å². The van der Waals surface area contributed by atoms with Gasteiger partial charge in [0.2, 0.25) is 0 Å². The van der Waals surface area contributed by atoms with Crippen LogP contribution in [0.25, 0.3) is 6.08 Å². The Balaban J connectivity index is 2.25. The molecule has 0 aromatic heterocycles. The molecule has 0 aliphatic heterocycles. The molecule has 1 rings (SSSR count). The van der Waals surface area contributed by atoms with Gasteiger partial charge in [0, 0.05) is 6.54 Å². The first-order valence-electron chi connectivity index (χ1n) is 4.88. The molecule has 0 atom stereocenters. The van der Waals surface area contributed by atoms with Gasteiger partial charge in [-0.25, -0.2) is 0 Å². The van der Waals surface area contributed by atoms with Crippen LogP contribution >= 0.6 is 0 Å². The number of rotatable bonds is 5. The molecule has 0 fully saturated rings. The van der Waals surface area contributed by atoms with Gasteiger partial charge in [-0.3, -0.25) is 0 Å². The molecule has 70 valence electrons. The first kappa shape index (κ1) is 9.85. The van der Waals surface area contributed by atoms with Gasteiger partial charge in [-0.1, -0.05) is 43.7 Å². The van der Waals surface area contributed by atoms with Crippen molar-refractivity contribution in [3.63, 3.8) is 0 Å². The number of unbranched alkanes of at least 4 members (excludes halogenated alkanes) is 1. The lowest BCUT2D eigenvalue weighted by molar-refractivity contribution is 0.737. The Morgan fingerprint density at radius 1 is 1.23 bits per heavy atom. The SMILES string of the molecule is CCCCNC=Cc1ccccc1. The molecule has 0 aliphatic rings. The van der Waals surface area contributed by atoms with Crippen molar-refractivity contribution in [2.45, 2.75) is 19.8 Å². The zero-order chi connectivity index (χ0) is 9.36. The van der Waals surface area contributed by atoms with Gasteiger partial charge in [0.15, 0.2) is 0 Å². The van der Waals surface area contributed by atoms with Crippen LogP contribution in [0, 0.1) is 0 Å². The highest BCUT2D eigenvalue weighted by Gasteiger charge is 1.82. The minimum Gasteiger partial charge on any atom is -0.391 e. The molecule has 0 saturated heterocycles. The van der Waals surface area contributed by atoms with Crippen LogP contribution in [0.5, 0.6) is 0 Å². The number of hydrogen-bond acceptors (Lipinski definition) is 1. The van der Waals surface area contributed by atoms with Crippen molar-refractivity contribution in [3.8, 4) is 0 Å². The summed E-state index contributed by atoms with van der Waals surface area (Å²) in [6.07, 6.45) is 6.59. The van der Waals surface area contributed by atoms with Crippen molar-refractivity contribution < 1.29 is 0 Å². The summed E-state index contributed by atoms with van der Waals surface area (Å²) < 4.78 is 0. The van der Waals surface area contributed by atoms with Gasteiger partial charge in [0.25, 0.3) is 0 Å². The fourth-order valence-corrected chi connectivity index (χ4v) is 1.08. The van der Waals surface area contributed by atoms with Crippen molar-refractivity contribution in [3.05, 3.63) is 42.1 Å². The Labute approximate surface area is 80.5 Å². The molecule has 1 heteroatoms. The van der Waals surface area contributed by atoms with Gasteiger partial charge in [0.05, 0.1) is 0 Å². The first-order chi connectivity index (χ1) is 6.43. The Hall–Kier alpha value is -1.24. The number of hydrogen-bond donors (Lipinski definition) is 1. The molecular formula is C12H17N. The Morgan fingerprint density at radius 3 is 2.69 bits per heavy atom. The van der Waals surface area contributed by atoms with Crippen LogP contribution < -0.4 is 5.32 Å². The lowest BCUT2D eigenvalue weighted by Crippen LogP contribution is -2.05. The quantitative estimate of drug-likeness (QED) is 0.678. The van der Waals surface area contributed by atoms with Crippen LogP contribution in [-0.2, 0) is 0 Å². The van der Waals surface area contributed by atoms with E-state index < -0.39 is 0 Å². The normalized spacial score (nSPS) is 10.5. The average molecular weight is 175 g/mol. The van der Waals surface area contributed by atoms with E-state index in [1.165, 1.54) is 18.4 Å². The second kappa shape index (κ2) is 6.30. The highest BCUT2D eigenvalue weighted by Crippen LogP contribution is 1.99. The van der Waals surface area contributed by atoms with Gasteiger partial charge in [-0.15, -0.1) is 0 Å². The minimum atomic E-state index is 1.07. The van der Waals surface area contributed by atoms with Crippen LogP contribution in [0.15, 0.2) is 36.5 Å². The van der Waals surface area contributed by atoms with Crippen molar-refractivity contribution in [1.82, 2.24) is 5.32 Å². The van der Waals surface area contributed by atoms with Crippen LogP contribution in [0.2, 0.25) is 0 Å². The van der Waals surface area contributed by atoms with Crippen molar-refractivity contribution in [2.24, 2.45) is 0 Å². The van der Waals surface area contributed by atoms with Crippen LogP contribution in [0.1, 0.15) is 25.3 Å². The lowest BCUT2D eigenvalue weighted by Gasteiger charge is -1.97. The minimum absolute atomic E-state index is 1.07. The smallest absolute Gasteiger partial charge is 0.0141 e. The predicted octanol–water partition coefficient (Wildman–Crippen LogP) is 3.05. The average Bonchev–Trinajstić information content (AvgIpc) is 2.19. The fourth-order valence-electron chi connectivity index (χ4n) is 1.08. The van der Waals surface area contributed by atoms with E-state index in [-0.39, 0.29) is 0 Å². The summed E-state index contributed by atoms with van der Waals surface area (Å²) in [4.78, 5) is 0. The molecule has 0 amide bonds. The fraction of sp³-hybridized carbons (Fsp3) is 0.333. The van der Waals surface area contributed by atoms with Gasteiger partial charge in [-0.05, 0) is 24.3 Å². The summed E-state index contributed by atoms with van der Waals surface area (Å²) >= 11 is 0. The molecular weight excluding hydrogens is 158 g/mol. The van der Waals surface area contributed by atoms with Crippen molar-refractivity contribution in [1.29, 1.82) is 0 Å². The molecule has 0 spiro atoms. The van der Waals surface area contributed by atoms with E-state index in [1.54, 1.807) is 0 Å². The van der Waals surface area contributed by atoms with E-state index in [9.17, 15) is 0 Å². The molecule has 1 N–H and O–H groups in total. The van der Waals surface area contributed by atoms with E-state index >= 15 is 0 Å². The zero-order valence-electron chi connectivity index (χ0n) is 8.16. The largest absolute Gasteiger partial charge is 0.391 e. The third-order valence-electron chi connectivity index (χ3n) is 1.87. The maximum absolute atomic E-state index is 3.25. The molecule has 0 radical (unpaired) electrons. The van der Waals surface area contributed by atoms with Crippen LogP contribution in [0.3, 0.4) is 0 Å². The predicted molar refractivity (Wildman–Crippen MR) is 58.4 cm³/mol. The van der Waals surface area contributed by atoms with Gasteiger partial charge in [0.1, 0.15) is 0 Å². The summed E-state index contributed by atoms with van der Waals surface area (Å²) in [7, 11) is 0. The Morgan fingerprint density at radius 2 is 2.00 bits per heavy atom. The highest BCUT2D eigenvalue weighted by molar-refractivity contribution is 5.48. The molecule has 1 nitrogen and oxygen atoms in total. The number of nitrogens with one attached hydrogen (secondary N) is 1. The topological polar surface area (TPSA) is 12.0 Å². The molecule has 0 heterocycles. The number of benzene rings is 1. The second-order valence-electron chi connectivity index (χ2n) is 3.05. The Kier molecular flexibility index (Phi) is 4.77. The molecule has 1 aromatic rings. The summed E-state index contributed by atoms with van der Waals surface area (Å²) in [6.45, 7) is 3.27. The van der Waals surface area contributed by atoms with E-state index in [1.807, 2.05) is 24.4 Å². The standard InChI is InChI=1S/C12H17N/c1-2-3-10-13-11-9-12-7-5-4-6-8-12/h4-9,11,13H,2-3,10H2,1H3. The van der Waals surface area contributed by atoms with Crippen LogP contribution in [0.4, 0.5) is 0 Å². The van der Waals surface area contributed by atoms with Crippen molar-refractivity contribution >= 4 is 6.08 Å². The summed E-state index contributed by atoms with van der Waals surface area (Å²) in [6, 6.07) is 10.3. The molecule has 0 aliphatic carbocycles. The van der Waals surface area contributed by atoms with E-state index in [4.69, 9.17) is 0 Å². The molecule has 0 saturated carbocycles. The first-order valence-corrected chi connectivity index (χ1v) is 4.88. The van der Waals surface area contributed by atoms with Gasteiger partial charge < -0.3 is 5.32 Å². The maximum Gasteiger partial charge on any atom is 0.0141 e. The lowest BCUT2D eigenvalue weighted by atomic mass is 10.2. The van der Waals surface area contributed by atoms with E-state index in [0.717, 1.165) is 6.54 Å². The third kappa shape index (κ3) is 4.36. The Bertz CT molecular complexity index is 239. The summed E-state index contributed by atoms with van der Waals surface area (Å²) in [5, 5.41) is 3.25. The van der Waals surface area contributed by atoms with Crippen molar-refractivity contribution in [2.75, 3.05) is 6.54 Å².